The number of morpholine rings is 1. The van der Waals surface area contributed by atoms with E-state index in [4.69, 9.17) is 9.15 Å². The fraction of sp³-hybridized carbons (Fsp3) is 0.583. The topological polar surface area (TPSA) is 72.1 Å². The molecule has 100 valence electrons. The molecule has 1 atom stereocenters. The molecule has 0 spiro atoms. The minimum Gasteiger partial charge on any atom is -0.463 e. The van der Waals surface area contributed by atoms with Crippen LogP contribution in [0.3, 0.4) is 0 Å². The molecule has 0 amide bonds. The average Bonchev–Trinajstić information content (AvgIpc) is 2.86. The zero-order valence-electron chi connectivity index (χ0n) is 10.3. The molecule has 0 aliphatic carbocycles. The molecule has 1 N–H and O–H groups in total. The van der Waals surface area contributed by atoms with Crippen LogP contribution < -0.4 is 0 Å². The maximum Gasteiger partial charge on any atom is 0.374 e. The summed E-state index contributed by atoms with van der Waals surface area (Å²) in [6.45, 7) is 2.42. The molecule has 1 aromatic heterocycles. The maximum absolute atomic E-state index is 11.5. The maximum atomic E-state index is 11.5. The van der Waals surface area contributed by atoms with Crippen molar-refractivity contribution in [2.75, 3.05) is 33.5 Å². The van der Waals surface area contributed by atoms with E-state index >= 15 is 0 Å². The Labute approximate surface area is 105 Å². The van der Waals surface area contributed by atoms with Gasteiger partial charge in [0.15, 0.2) is 0 Å². The van der Waals surface area contributed by atoms with Crippen LogP contribution in [0.5, 0.6) is 0 Å². The Kier molecular flexibility index (Phi) is 4.35. The van der Waals surface area contributed by atoms with E-state index in [1.54, 1.807) is 6.07 Å². The van der Waals surface area contributed by atoms with E-state index in [1.807, 2.05) is 0 Å². The SMILES string of the molecule is COC(=O)c1occc1CN1CCOCC1CO. The van der Waals surface area contributed by atoms with Gasteiger partial charge in [-0.2, -0.15) is 0 Å². The van der Waals surface area contributed by atoms with Gasteiger partial charge in [0, 0.05) is 18.7 Å². The van der Waals surface area contributed by atoms with Gasteiger partial charge in [-0.1, -0.05) is 0 Å². The van der Waals surface area contributed by atoms with E-state index in [0.717, 1.165) is 12.1 Å². The quantitative estimate of drug-likeness (QED) is 0.778. The molecule has 1 aliphatic heterocycles. The van der Waals surface area contributed by atoms with Gasteiger partial charge in [-0.3, -0.25) is 4.90 Å². The second kappa shape index (κ2) is 5.99. The van der Waals surface area contributed by atoms with Gasteiger partial charge in [0.05, 0.1) is 39.2 Å². The summed E-state index contributed by atoms with van der Waals surface area (Å²) in [5, 5.41) is 9.28. The van der Waals surface area contributed by atoms with E-state index < -0.39 is 5.97 Å². The molecular weight excluding hydrogens is 238 g/mol. The fourth-order valence-corrected chi connectivity index (χ4v) is 2.02. The van der Waals surface area contributed by atoms with Gasteiger partial charge in [-0.25, -0.2) is 4.79 Å². The normalized spacial score (nSPS) is 20.9. The molecule has 0 saturated carbocycles. The van der Waals surface area contributed by atoms with E-state index in [9.17, 15) is 9.90 Å². The van der Waals surface area contributed by atoms with Crippen molar-refractivity contribution in [3.8, 4) is 0 Å². The third kappa shape index (κ3) is 2.72. The summed E-state index contributed by atoms with van der Waals surface area (Å²) in [6, 6.07) is 1.70. The van der Waals surface area contributed by atoms with Crippen LogP contribution in [0, 0.1) is 0 Å². The minimum atomic E-state index is -0.483. The van der Waals surface area contributed by atoms with Crippen LogP contribution in [-0.4, -0.2) is 55.5 Å². The van der Waals surface area contributed by atoms with E-state index in [2.05, 4.69) is 9.64 Å². The van der Waals surface area contributed by atoms with Crippen molar-refractivity contribution in [1.82, 2.24) is 4.90 Å². The van der Waals surface area contributed by atoms with Crippen molar-refractivity contribution in [3.05, 3.63) is 23.7 Å². The van der Waals surface area contributed by atoms with Crippen LogP contribution in [0.25, 0.3) is 0 Å². The Morgan fingerprint density at radius 1 is 1.67 bits per heavy atom. The Balaban J connectivity index is 2.08. The van der Waals surface area contributed by atoms with Crippen LogP contribution in [-0.2, 0) is 16.0 Å². The summed E-state index contributed by atoms with van der Waals surface area (Å²) in [4.78, 5) is 13.5. The lowest BCUT2D eigenvalue weighted by atomic mass is 10.1. The molecule has 0 bridgehead atoms. The van der Waals surface area contributed by atoms with Gasteiger partial charge in [0.1, 0.15) is 0 Å². The number of carbonyl (C=O) groups is 1. The molecule has 1 aromatic rings. The summed E-state index contributed by atoms with van der Waals surface area (Å²) in [6.07, 6.45) is 1.47. The summed E-state index contributed by atoms with van der Waals surface area (Å²) in [5.74, 6) is -0.260. The largest absolute Gasteiger partial charge is 0.463 e. The summed E-state index contributed by atoms with van der Waals surface area (Å²) < 4.78 is 15.1. The monoisotopic (exact) mass is 255 g/mol. The van der Waals surface area contributed by atoms with Gasteiger partial charge in [-0.15, -0.1) is 0 Å². The van der Waals surface area contributed by atoms with Gasteiger partial charge < -0.3 is 19.0 Å². The number of furan rings is 1. The highest BCUT2D eigenvalue weighted by Crippen LogP contribution is 2.17. The lowest BCUT2D eigenvalue weighted by Gasteiger charge is -2.34. The van der Waals surface area contributed by atoms with E-state index in [-0.39, 0.29) is 18.4 Å². The highest BCUT2D eigenvalue weighted by molar-refractivity contribution is 5.87. The van der Waals surface area contributed by atoms with Gasteiger partial charge in [0.2, 0.25) is 5.76 Å². The van der Waals surface area contributed by atoms with Gasteiger partial charge in [-0.05, 0) is 6.07 Å². The fourth-order valence-electron chi connectivity index (χ4n) is 2.02. The first kappa shape index (κ1) is 13.1. The number of ether oxygens (including phenoxy) is 2. The summed E-state index contributed by atoms with van der Waals surface area (Å²) in [7, 11) is 1.32. The molecule has 1 unspecified atom stereocenters. The van der Waals surface area contributed by atoms with Gasteiger partial charge >= 0.3 is 5.97 Å². The van der Waals surface area contributed by atoms with Crippen molar-refractivity contribution in [2.24, 2.45) is 0 Å². The summed E-state index contributed by atoms with van der Waals surface area (Å²) >= 11 is 0. The Hall–Kier alpha value is -1.37. The van der Waals surface area contributed by atoms with Gasteiger partial charge in [0.25, 0.3) is 0 Å². The Morgan fingerprint density at radius 3 is 3.22 bits per heavy atom. The first-order valence-electron chi connectivity index (χ1n) is 5.83. The number of aliphatic hydroxyl groups is 1. The van der Waals surface area contributed by atoms with Crippen LogP contribution >= 0.6 is 0 Å². The van der Waals surface area contributed by atoms with Crippen molar-refractivity contribution in [3.63, 3.8) is 0 Å². The summed E-state index contributed by atoms with van der Waals surface area (Å²) in [5.41, 5.74) is 0.766. The Bertz CT molecular complexity index is 403. The molecular formula is C12H17NO5. The lowest BCUT2D eigenvalue weighted by molar-refractivity contribution is -0.0314. The third-order valence-corrected chi connectivity index (χ3v) is 3.05. The van der Waals surface area contributed by atoms with Crippen molar-refractivity contribution in [2.45, 2.75) is 12.6 Å². The molecule has 6 nitrogen and oxygen atoms in total. The molecule has 2 heterocycles. The van der Waals surface area contributed by atoms with Crippen LogP contribution in [0.4, 0.5) is 0 Å². The number of hydrogen-bond acceptors (Lipinski definition) is 6. The van der Waals surface area contributed by atoms with Crippen LogP contribution in [0.15, 0.2) is 16.7 Å². The number of aliphatic hydroxyl groups excluding tert-OH is 1. The number of carbonyl (C=O) groups excluding carboxylic acids is 1. The molecule has 2 rings (SSSR count). The molecule has 18 heavy (non-hydrogen) atoms. The molecule has 1 fully saturated rings. The first-order valence-corrected chi connectivity index (χ1v) is 5.83. The van der Waals surface area contributed by atoms with Crippen LogP contribution in [0.1, 0.15) is 16.1 Å². The molecule has 1 saturated heterocycles. The molecule has 1 aliphatic rings. The lowest BCUT2D eigenvalue weighted by Crippen LogP contribution is -2.46. The number of rotatable bonds is 4. The standard InChI is InChI=1S/C12H17NO5/c1-16-12(15)11-9(2-4-18-11)6-13-3-5-17-8-10(13)7-14/h2,4,10,14H,3,5-8H2,1H3. The van der Waals surface area contributed by atoms with Crippen molar-refractivity contribution < 1.29 is 23.8 Å². The first-order chi connectivity index (χ1) is 8.76. The smallest absolute Gasteiger partial charge is 0.374 e. The van der Waals surface area contributed by atoms with Crippen LogP contribution in [0.2, 0.25) is 0 Å². The zero-order chi connectivity index (χ0) is 13.0. The third-order valence-electron chi connectivity index (χ3n) is 3.05. The number of nitrogens with zero attached hydrogens (tertiary/aromatic N) is 1. The second-order valence-corrected chi connectivity index (χ2v) is 4.15. The number of methoxy groups -OCH3 is 1. The predicted octanol–water partition coefficient (Wildman–Crippen LogP) is 0.259. The van der Waals surface area contributed by atoms with E-state index in [0.29, 0.717) is 19.8 Å². The Morgan fingerprint density at radius 2 is 2.50 bits per heavy atom. The van der Waals surface area contributed by atoms with E-state index in [1.165, 1.54) is 13.4 Å². The number of hydrogen-bond donors (Lipinski definition) is 1. The van der Waals surface area contributed by atoms with Crippen molar-refractivity contribution in [1.29, 1.82) is 0 Å². The van der Waals surface area contributed by atoms with Crippen molar-refractivity contribution >= 4 is 5.97 Å². The molecule has 0 radical (unpaired) electrons. The number of esters is 1. The zero-order valence-corrected chi connectivity index (χ0v) is 10.3. The highest BCUT2D eigenvalue weighted by Gasteiger charge is 2.25. The second-order valence-electron chi connectivity index (χ2n) is 4.15. The highest BCUT2D eigenvalue weighted by atomic mass is 16.5. The molecule has 6 heteroatoms. The predicted molar refractivity (Wildman–Crippen MR) is 62.2 cm³/mol. The minimum absolute atomic E-state index is 0.0331. The molecule has 0 aromatic carbocycles. The average molecular weight is 255 g/mol.